The summed E-state index contributed by atoms with van der Waals surface area (Å²) < 4.78 is 16.2. The van der Waals surface area contributed by atoms with Crippen LogP contribution in [0.2, 0.25) is 0 Å². The first kappa shape index (κ1) is 15.1. The minimum absolute atomic E-state index is 0.0442. The highest BCUT2D eigenvalue weighted by Crippen LogP contribution is 2.01. The number of hydrogen-bond donors (Lipinski definition) is 0. The van der Waals surface area contributed by atoms with E-state index in [0.29, 0.717) is 33.0 Å². The minimum Gasteiger partial charge on any atom is -0.377 e. The Labute approximate surface area is 98.4 Å². The van der Waals surface area contributed by atoms with Crippen LogP contribution in [-0.4, -0.2) is 39.1 Å². The Balaban J connectivity index is 3.65. The summed E-state index contributed by atoms with van der Waals surface area (Å²) in [5.74, 6) is 0. The first-order valence-electron chi connectivity index (χ1n) is 5.45. The lowest BCUT2D eigenvalue weighted by molar-refractivity contribution is -0.0156. The van der Waals surface area contributed by atoms with Gasteiger partial charge < -0.3 is 14.2 Å². The molecule has 0 aliphatic carbocycles. The summed E-state index contributed by atoms with van der Waals surface area (Å²) >= 11 is 0. The molecule has 3 nitrogen and oxygen atoms in total. The molecule has 0 aromatic carbocycles. The van der Waals surface area contributed by atoms with E-state index in [-0.39, 0.29) is 6.10 Å². The summed E-state index contributed by atoms with van der Waals surface area (Å²) in [5.41, 5.74) is 0. The number of hydrogen-bond acceptors (Lipinski definition) is 3. The fourth-order valence-electron chi connectivity index (χ4n) is 1.08. The van der Waals surface area contributed by atoms with Crippen LogP contribution in [0.4, 0.5) is 0 Å². The molecule has 0 aromatic rings. The van der Waals surface area contributed by atoms with Gasteiger partial charge in [-0.1, -0.05) is 18.2 Å². The van der Waals surface area contributed by atoms with Crippen LogP contribution in [0.25, 0.3) is 0 Å². The molecule has 16 heavy (non-hydrogen) atoms. The average Bonchev–Trinajstić information content (AvgIpc) is 2.31. The Kier molecular flexibility index (Phi) is 11.5. The van der Waals surface area contributed by atoms with Gasteiger partial charge in [0.1, 0.15) is 0 Å². The van der Waals surface area contributed by atoms with E-state index in [9.17, 15) is 0 Å². The monoisotopic (exact) mass is 226 g/mol. The maximum atomic E-state index is 5.53. The van der Waals surface area contributed by atoms with E-state index >= 15 is 0 Å². The van der Waals surface area contributed by atoms with Gasteiger partial charge in [0, 0.05) is 6.61 Å². The summed E-state index contributed by atoms with van der Waals surface area (Å²) in [6, 6.07) is 0. The van der Waals surface area contributed by atoms with E-state index in [0.717, 1.165) is 6.42 Å². The van der Waals surface area contributed by atoms with E-state index in [1.54, 1.807) is 18.2 Å². The lowest BCUT2D eigenvalue weighted by Crippen LogP contribution is -2.22. The third kappa shape index (κ3) is 9.65. The van der Waals surface area contributed by atoms with Crippen LogP contribution in [0.15, 0.2) is 38.0 Å². The van der Waals surface area contributed by atoms with E-state index in [1.807, 2.05) is 0 Å². The molecule has 0 aliphatic rings. The molecule has 0 aliphatic heterocycles. The van der Waals surface area contributed by atoms with Crippen LogP contribution in [0.1, 0.15) is 6.42 Å². The second kappa shape index (κ2) is 12.2. The third-order valence-electron chi connectivity index (χ3n) is 1.81. The Bertz CT molecular complexity index is 190. The van der Waals surface area contributed by atoms with Crippen molar-refractivity contribution in [1.82, 2.24) is 0 Å². The van der Waals surface area contributed by atoms with Crippen molar-refractivity contribution in [2.24, 2.45) is 0 Å². The Hall–Kier alpha value is -0.900. The lowest BCUT2D eigenvalue weighted by Gasteiger charge is -2.16. The predicted octanol–water partition coefficient (Wildman–Crippen LogP) is 2.35. The molecule has 1 atom stereocenters. The zero-order chi connectivity index (χ0) is 12.1. The van der Waals surface area contributed by atoms with Crippen molar-refractivity contribution >= 4 is 0 Å². The Morgan fingerprint density at radius 1 is 0.875 bits per heavy atom. The first-order chi connectivity index (χ1) is 7.85. The van der Waals surface area contributed by atoms with Gasteiger partial charge in [-0.25, -0.2) is 0 Å². The van der Waals surface area contributed by atoms with Gasteiger partial charge in [-0.3, -0.25) is 0 Å². The van der Waals surface area contributed by atoms with Gasteiger partial charge in [-0.05, 0) is 6.42 Å². The standard InChI is InChI=1S/C13H22O3/c1-4-8-14-11-7-13(16-10-6-3)12-15-9-5-2/h4-6,13H,1-3,7-12H2. The smallest absolute Gasteiger partial charge is 0.0834 e. The molecule has 0 saturated carbocycles. The van der Waals surface area contributed by atoms with Gasteiger partial charge >= 0.3 is 0 Å². The molecule has 0 fully saturated rings. The van der Waals surface area contributed by atoms with Crippen LogP contribution in [0, 0.1) is 0 Å². The van der Waals surface area contributed by atoms with E-state index in [2.05, 4.69) is 19.7 Å². The lowest BCUT2D eigenvalue weighted by atomic mass is 10.3. The summed E-state index contributed by atoms with van der Waals surface area (Å²) in [7, 11) is 0. The molecule has 1 unspecified atom stereocenters. The highest BCUT2D eigenvalue weighted by molar-refractivity contribution is 4.69. The van der Waals surface area contributed by atoms with Crippen molar-refractivity contribution in [1.29, 1.82) is 0 Å². The van der Waals surface area contributed by atoms with Crippen molar-refractivity contribution in [3.63, 3.8) is 0 Å². The Morgan fingerprint density at radius 2 is 1.50 bits per heavy atom. The average molecular weight is 226 g/mol. The molecule has 92 valence electrons. The van der Waals surface area contributed by atoms with Gasteiger partial charge in [-0.15, -0.1) is 19.7 Å². The molecule has 0 spiro atoms. The highest BCUT2D eigenvalue weighted by Gasteiger charge is 2.08. The zero-order valence-electron chi connectivity index (χ0n) is 9.90. The van der Waals surface area contributed by atoms with Crippen LogP contribution < -0.4 is 0 Å². The van der Waals surface area contributed by atoms with Crippen molar-refractivity contribution in [3.8, 4) is 0 Å². The molecule has 3 heteroatoms. The third-order valence-corrected chi connectivity index (χ3v) is 1.81. The summed E-state index contributed by atoms with van der Waals surface area (Å²) in [4.78, 5) is 0. The number of rotatable bonds is 12. The molecule has 0 amide bonds. The second-order valence-electron chi connectivity index (χ2n) is 3.22. The van der Waals surface area contributed by atoms with Gasteiger partial charge in [-0.2, -0.15) is 0 Å². The van der Waals surface area contributed by atoms with E-state index < -0.39 is 0 Å². The minimum atomic E-state index is 0.0442. The van der Waals surface area contributed by atoms with Gasteiger partial charge in [0.2, 0.25) is 0 Å². The topological polar surface area (TPSA) is 27.7 Å². The molecule has 0 bridgehead atoms. The van der Waals surface area contributed by atoms with Crippen molar-refractivity contribution in [2.75, 3.05) is 33.0 Å². The molecule has 0 rings (SSSR count). The maximum Gasteiger partial charge on any atom is 0.0834 e. The zero-order valence-corrected chi connectivity index (χ0v) is 9.90. The van der Waals surface area contributed by atoms with Gasteiger partial charge in [0.25, 0.3) is 0 Å². The van der Waals surface area contributed by atoms with Gasteiger partial charge in [0.05, 0.1) is 32.5 Å². The fraction of sp³-hybridized carbons (Fsp3) is 0.538. The quantitative estimate of drug-likeness (QED) is 0.377. The molecule has 0 aromatic heterocycles. The molecule has 0 saturated heterocycles. The van der Waals surface area contributed by atoms with Crippen LogP contribution in [0.3, 0.4) is 0 Å². The van der Waals surface area contributed by atoms with Gasteiger partial charge in [0.15, 0.2) is 0 Å². The number of ether oxygens (including phenoxy) is 3. The molecule has 0 heterocycles. The molecule has 0 N–H and O–H groups in total. The second-order valence-corrected chi connectivity index (χ2v) is 3.22. The first-order valence-corrected chi connectivity index (χ1v) is 5.45. The fourth-order valence-corrected chi connectivity index (χ4v) is 1.08. The van der Waals surface area contributed by atoms with Crippen molar-refractivity contribution < 1.29 is 14.2 Å². The van der Waals surface area contributed by atoms with Crippen LogP contribution in [0.5, 0.6) is 0 Å². The van der Waals surface area contributed by atoms with Crippen molar-refractivity contribution in [3.05, 3.63) is 38.0 Å². The highest BCUT2D eigenvalue weighted by atomic mass is 16.5. The molecule has 0 radical (unpaired) electrons. The van der Waals surface area contributed by atoms with Crippen LogP contribution in [-0.2, 0) is 14.2 Å². The predicted molar refractivity (Wildman–Crippen MR) is 66.6 cm³/mol. The maximum absolute atomic E-state index is 5.53. The summed E-state index contributed by atoms with van der Waals surface area (Å²) in [6.07, 6.45) is 6.03. The van der Waals surface area contributed by atoms with E-state index in [1.165, 1.54) is 0 Å². The largest absolute Gasteiger partial charge is 0.377 e. The molecular formula is C13H22O3. The van der Waals surface area contributed by atoms with E-state index in [4.69, 9.17) is 14.2 Å². The Morgan fingerprint density at radius 3 is 2.12 bits per heavy atom. The molecular weight excluding hydrogens is 204 g/mol. The van der Waals surface area contributed by atoms with Crippen LogP contribution >= 0.6 is 0 Å². The summed E-state index contributed by atoms with van der Waals surface area (Å²) in [6.45, 7) is 13.6. The van der Waals surface area contributed by atoms with Crippen molar-refractivity contribution in [2.45, 2.75) is 12.5 Å². The summed E-state index contributed by atoms with van der Waals surface area (Å²) in [5, 5.41) is 0. The normalized spacial score (nSPS) is 12.0. The SMILES string of the molecule is C=CCOCCC(COCC=C)OCC=C.